The third kappa shape index (κ3) is 2.85. The van der Waals surface area contributed by atoms with Gasteiger partial charge in [-0.25, -0.2) is 0 Å². The molecule has 3 aromatic rings. The maximum atomic E-state index is 10.7. The normalized spacial score (nSPS) is 10.7. The predicted molar refractivity (Wildman–Crippen MR) is 84.8 cm³/mol. The van der Waals surface area contributed by atoms with E-state index in [0.29, 0.717) is 6.54 Å². The van der Waals surface area contributed by atoms with Crippen LogP contribution in [0.25, 0.3) is 10.9 Å². The molecule has 0 unspecified atom stereocenters. The summed E-state index contributed by atoms with van der Waals surface area (Å²) < 4.78 is 0. The lowest BCUT2D eigenvalue weighted by molar-refractivity contribution is -0.380. The molecule has 0 atom stereocenters. The zero-order chi connectivity index (χ0) is 14.8. The Morgan fingerprint density at radius 3 is 2.95 bits per heavy atom. The smallest absolute Gasteiger partial charge is 0.324 e. The lowest BCUT2D eigenvalue weighted by Gasteiger charge is -2.08. The largest absolute Gasteiger partial charge is 0.379 e. The highest BCUT2D eigenvalue weighted by Gasteiger charge is 2.10. The Labute approximate surface area is 125 Å². The van der Waals surface area contributed by atoms with E-state index in [0.717, 1.165) is 39.2 Å². The van der Waals surface area contributed by atoms with E-state index in [1.54, 1.807) is 11.4 Å². The molecule has 21 heavy (non-hydrogen) atoms. The number of fused-ring (bicyclic) bond motifs is 1. The number of hydrogen-bond acceptors (Lipinski definition) is 5. The molecule has 0 aliphatic rings. The van der Waals surface area contributed by atoms with Crippen LogP contribution < -0.4 is 5.32 Å². The fourth-order valence-corrected chi connectivity index (χ4v) is 2.86. The average molecular weight is 299 g/mol. The van der Waals surface area contributed by atoms with Gasteiger partial charge in [-0.05, 0) is 24.6 Å². The molecule has 0 aliphatic carbocycles. The van der Waals surface area contributed by atoms with E-state index in [4.69, 9.17) is 0 Å². The lowest BCUT2D eigenvalue weighted by atomic mass is 10.1. The molecule has 0 spiro atoms. The molecule has 6 heteroatoms. The minimum atomic E-state index is -0.364. The van der Waals surface area contributed by atoms with Crippen molar-refractivity contribution in [3.63, 3.8) is 0 Å². The Kier molecular flexibility index (Phi) is 3.53. The molecule has 1 aromatic carbocycles. The molecule has 0 saturated carbocycles. The number of benzene rings is 1. The maximum absolute atomic E-state index is 10.7. The first-order chi connectivity index (χ1) is 10.1. The van der Waals surface area contributed by atoms with Crippen LogP contribution in [-0.2, 0) is 6.54 Å². The third-order valence-electron chi connectivity index (χ3n) is 3.16. The number of nitrogens with zero attached hydrogens (tertiary/aromatic N) is 2. The van der Waals surface area contributed by atoms with Crippen LogP contribution in [0.4, 0.5) is 10.7 Å². The second kappa shape index (κ2) is 5.49. The highest BCUT2D eigenvalue weighted by molar-refractivity contribution is 7.13. The molecule has 0 aliphatic heterocycles. The summed E-state index contributed by atoms with van der Waals surface area (Å²) in [7, 11) is 0. The summed E-state index contributed by atoms with van der Waals surface area (Å²) in [5.41, 5.74) is 3.71. The summed E-state index contributed by atoms with van der Waals surface area (Å²) in [5, 5.41) is 17.0. The van der Waals surface area contributed by atoms with Gasteiger partial charge in [0.25, 0.3) is 0 Å². The van der Waals surface area contributed by atoms with Crippen molar-refractivity contribution in [3.05, 3.63) is 63.1 Å². The van der Waals surface area contributed by atoms with Crippen LogP contribution in [0.3, 0.4) is 0 Å². The number of anilines is 1. The third-order valence-corrected chi connectivity index (χ3v) is 4.09. The molecule has 3 rings (SSSR count). The molecule has 0 fully saturated rings. The van der Waals surface area contributed by atoms with Crippen LogP contribution in [0.15, 0.2) is 41.8 Å². The molecule has 0 bridgehead atoms. The quantitative estimate of drug-likeness (QED) is 0.581. The fraction of sp³-hybridized carbons (Fsp3) is 0.133. The summed E-state index contributed by atoms with van der Waals surface area (Å²) in [4.78, 5) is 14.9. The standard InChI is InChI=1S/C15H13N3O2S/c1-10-5-6-12-3-2-4-13(15(12)17-10)16-8-11-7-14(18(19)20)21-9-11/h2-7,9,16H,8H2,1H3. The van der Waals surface area contributed by atoms with Crippen LogP contribution in [0, 0.1) is 17.0 Å². The zero-order valence-corrected chi connectivity index (χ0v) is 12.2. The van der Waals surface area contributed by atoms with E-state index in [2.05, 4.69) is 10.3 Å². The monoisotopic (exact) mass is 299 g/mol. The summed E-state index contributed by atoms with van der Waals surface area (Å²) in [5.74, 6) is 0. The number of nitro groups is 1. The number of pyridine rings is 1. The van der Waals surface area contributed by atoms with Crippen molar-refractivity contribution in [1.29, 1.82) is 0 Å². The van der Waals surface area contributed by atoms with Crippen LogP contribution >= 0.6 is 11.3 Å². The summed E-state index contributed by atoms with van der Waals surface area (Å²) >= 11 is 1.14. The Morgan fingerprint density at radius 1 is 1.33 bits per heavy atom. The Morgan fingerprint density at radius 2 is 2.19 bits per heavy atom. The second-order valence-electron chi connectivity index (χ2n) is 4.73. The molecule has 5 nitrogen and oxygen atoms in total. The maximum Gasteiger partial charge on any atom is 0.324 e. The van der Waals surface area contributed by atoms with Crippen molar-refractivity contribution in [2.75, 3.05) is 5.32 Å². The van der Waals surface area contributed by atoms with Crippen molar-refractivity contribution in [3.8, 4) is 0 Å². The van der Waals surface area contributed by atoms with Crippen LogP contribution in [0.1, 0.15) is 11.3 Å². The number of para-hydroxylation sites is 1. The van der Waals surface area contributed by atoms with Crippen molar-refractivity contribution in [2.45, 2.75) is 13.5 Å². The van der Waals surface area contributed by atoms with Crippen molar-refractivity contribution in [2.24, 2.45) is 0 Å². The number of hydrogen-bond donors (Lipinski definition) is 1. The molecule has 0 saturated heterocycles. The summed E-state index contributed by atoms with van der Waals surface area (Å²) in [6, 6.07) is 11.6. The molecule has 2 aromatic heterocycles. The van der Waals surface area contributed by atoms with E-state index in [1.807, 2.05) is 37.3 Å². The van der Waals surface area contributed by atoms with Gasteiger partial charge in [-0.1, -0.05) is 29.5 Å². The van der Waals surface area contributed by atoms with Gasteiger partial charge in [-0.15, -0.1) is 0 Å². The van der Waals surface area contributed by atoms with Crippen LogP contribution in [-0.4, -0.2) is 9.91 Å². The van der Waals surface area contributed by atoms with Crippen LogP contribution in [0.2, 0.25) is 0 Å². The van der Waals surface area contributed by atoms with Gasteiger partial charge in [0, 0.05) is 29.1 Å². The number of nitrogens with one attached hydrogen (secondary N) is 1. The van der Waals surface area contributed by atoms with Crippen molar-refractivity contribution < 1.29 is 4.92 Å². The molecule has 106 valence electrons. The van der Waals surface area contributed by atoms with Gasteiger partial charge in [0.15, 0.2) is 0 Å². The molecular formula is C15H13N3O2S. The first kappa shape index (κ1) is 13.5. The molecular weight excluding hydrogens is 286 g/mol. The van der Waals surface area contributed by atoms with E-state index < -0.39 is 0 Å². The average Bonchev–Trinajstić information content (AvgIpc) is 2.94. The Hall–Kier alpha value is -2.47. The predicted octanol–water partition coefficient (Wildman–Crippen LogP) is 4.13. The Balaban J connectivity index is 1.84. The van der Waals surface area contributed by atoms with Crippen molar-refractivity contribution >= 4 is 32.9 Å². The number of aromatic nitrogens is 1. The van der Waals surface area contributed by atoms with Crippen LogP contribution in [0.5, 0.6) is 0 Å². The van der Waals surface area contributed by atoms with E-state index >= 15 is 0 Å². The molecule has 0 radical (unpaired) electrons. The molecule has 0 amide bonds. The highest BCUT2D eigenvalue weighted by Crippen LogP contribution is 2.25. The van der Waals surface area contributed by atoms with Gasteiger partial charge >= 0.3 is 5.00 Å². The zero-order valence-electron chi connectivity index (χ0n) is 11.4. The number of aryl methyl sites for hydroxylation is 1. The first-order valence-corrected chi connectivity index (χ1v) is 7.33. The Bertz CT molecular complexity index is 814. The molecule has 1 N–H and O–H groups in total. The van der Waals surface area contributed by atoms with E-state index in [9.17, 15) is 10.1 Å². The second-order valence-corrected chi connectivity index (χ2v) is 5.62. The summed E-state index contributed by atoms with van der Waals surface area (Å²) in [6.45, 7) is 2.50. The van der Waals surface area contributed by atoms with Gasteiger partial charge in [0.05, 0.1) is 16.1 Å². The minimum absolute atomic E-state index is 0.165. The highest BCUT2D eigenvalue weighted by atomic mass is 32.1. The number of rotatable bonds is 4. The van der Waals surface area contributed by atoms with Gasteiger partial charge in [0.1, 0.15) is 0 Å². The minimum Gasteiger partial charge on any atom is -0.379 e. The van der Waals surface area contributed by atoms with Gasteiger partial charge in [0.2, 0.25) is 0 Å². The lowest BCUT2D eigenvalue weighted by Crippen LogP contribution is -2.00. The molecule has 2 heterocycles. The fourth-order valence-electron chi connectivity index (χ4n) is 2.14. The van der Waals surface area contributed by atoms with E-state index in [1.165, 1.54) is 0 Å². The van der Waals surface area contributed by atoms with Crippen molar-refractivity contribution in [1.82, 2.24) is 4.98 Å². The van der Waals surface area contributed by atoms with Gasteiger partial charge in [-0.3, -0.25) is 15.1 Å². The first-order valence-electron chi connectivity index (χ1n) is 6.45. The summed E-state index contributed by atoms with van der Waals surface area (Å²) in [6.07, 6.45) is 0. The number of thiophene rings is 1. The SMILES string of the molecule is Cc1ccc2cccc(NCc3csc([N+](=O)[O-])c3)c2n1. The van der Waals surface area contributed by atoms with E-state index in [-0.39, 0.29) is 9.92 Å². The topological polar surface area (TPSA) is 68.1 Å². The van der Waals surface area contributed by atoms with Gasteiger partial charge < -0.3 is 5.32 Å². The van der Waals surface area contributed by atoms with Gasteiger partial charge in [-0.2, -0.15) is 0 Å².